The lowest BCUT2D eigenvalue weighted by molar-refractivity contribution is -0.384. The van der Waals surface area contributed by atoms with E-state index in [1.54, 1.807) is 26.1 Å². The van der Waals surface area contributed by atoms with Crippen LogP contribution in [0.15, 0.2) is 54.9 Å². The predicted molar refractivity (Wildman–Crippen MR) is 110 cm³/mol. The van der Waals surface area contributed by atoms with Gasteiger partial charge in [-0.05, 0) is 36.8 Å². The minimum absolute atomic E-state index is 0.0478. The van der Waals surface area contributed by atoms with E-state index in [1.807, 2.05) is 0 Å². The molecule has 0 fully saturated rings. The van der Waals surface area contributed by atoms with Crippen LogP contribution in [0.2, 0.25) is 0 Å². The maximum atomic E-state index is 12.8. The van der Waals surface area contributed by atoms with Crippen LogP contribution >= 0.6 is 0 Å². The molecule has 3 aromatic rings. The highest BCUT2D eigenvalue weighted by atomic mass is 19.3. The number of amides is 1. The van der Waals surface area contributed by atoms with Crippen molar-refractivity contribution in [3.05, 3.63) is 76.1 Å². The number of nitro benzene ring substituents is 1. The predicted octanol–water partition coefficient (Wildman–Crippen LogP) is 4.05. The summed E-state index contributed by atoms with van der Waals surface area (Å²) >= 11 is 0. The highest BCUT2D eigenvalue weighted by Gasteiger charge is 2.17. The third kappa shape index (κ3) is 5.36. The van der Waals surface area contributed by atoms with Gasteiger partial charge in [0.15, 0.2) is 11.5 Å². The number of rotatable bonds is 9. The largest absolute Gasteiger partial charge is 0.490 e. The molecule has 0 atom stereocenters. The molecular weight excluding hydrogens is 426 g/mol. The number of hydrogen-bond acceptors (Lipinski definition) is 6. The van der Waals surface area contributed by atoms with Crippen molar-refractivity contribution in [1.29, 1.82) is 0 Å². The number of ether oxygens (including phenoxy) is 2. The summed E-state index contributed by atoms with van der Waals surface area (Å²) in [6, 6.07) is 10.2. The number of benzene rings is 2. The second-order valence-corrected chi connectivity index (χ2v) is 6.70. The zero-order chi connectivity index (χ0) is 23.3. The molecule has 32 heavy (non-hydrogen) atoms. The second-order valence-electron chi connectivity index (χ2n) is 6.70. The molecule has 1 amide bonds. The molecule has 0 bridgehead atoms. The first-order valence-corrected chi connectivity index (χ1v) is 9.54. The lowest BCUT2D eigenvalue weighted by Crippen LogP contribution is -2.25. The fourth-order valence-corrected chi connectivity index (χ4v) is 2.98. The normalized spacial score (nSPS) is 10.8. The molecular formula is C21H20F2N4O5. The molecule has 0 unspecified atom stereocenters. The molecule has 0 radical (unpaired) electrons. The van der Waals surface area contributed by atoms with E-state index in [2.05, 4.69) is 9.84 Å². The quantitative estimate of drug-likeness (QED) is 0.363. The minimum atomic E-state index is -2.98. The summed E-state index contributed by atoms with van der Waals surface area (Å²) in [5, 5.41) is 14.9. The Morgan fingerprint density at radius 3 is 2.56 bits per heavy atom. The fraction of sp³-hybridized carbons (Fsp3) is 0.238. The molecule has 1 heterocycles. The van der Waals surface area contributed by atoms with Crippen molar-refractivity contribution in [2.24, 2.45) is 0 Å². The molecule has 9 nitrogen and oxygen atoms in total. The standard InChI is InChI=1S/C21H20F2N4O5/c1-3-31-19-10-14(4-9-18(19)32-21(22)23)12-25(2)20(28)15-11-24-26(13-15)16-5-7-17(8-6-16)27(29)30/h4-11,13,21H,3,12H2,1-2H3. The SMILES string of the molecule is CCOc1cc(CN(C)C(=O)c2cnn(-c3ccc([N+](=O)[O-])cc3)c2)ccc1OC(F)F. The van der Waals surface area contributed by atoms with Crippen LogP contribution in [0, 0.1) is 10.1 Å². The number of non-ortho nitro benzene ring substituents is 1. The molecule has 0 aliphatic carbocycles. The lowest BCUT2D eigenvalue weighted by Gasteiger charge is -2.18. The van der Waals surface area contributed by atoms with Gasteiger partial charge in [0.1, 0.15) is 0 Å². The topological polar surface area (TPSA) is 99.7 Å². The lowest BCUT2D eigenvalue weighted by atomic mass is 10.2. The summed E-state index contributed by atoms with van der Waals surface area (Å²) in [4.78, 5) is 24.5. The van der Waals surface area contributed by atoms with E-state index in [4.69, 9.17) is 4.74 Å². The number of aromatic nitrogens is 2. The Kier molecular flexibility index (Phi) is 6.98. The monoisotopic (exact) mass is 446 g/mol. The second kappa shape index (κ2) is 9.86. The van der Waals surface area contributed by atoms with Crippen LogP contribution in [-0.4, -0.2) is 45.8 Å². The first-order chi connectivity index (χ1) is 15.3. The van der Waals surface area contributed by atoms with Gasteiger partial charge in [-0.2, -0.15) is 13.9 Å². The average molecular weight is 446 g/mol. The first kappa shape index (κ1) is 22.7. The summed E-state index contributed by atoms with van der Waals surface area (Å²) in [6.07, 6.45) is 2.91. The van der Waals surface area contributed by atoms with Crippen LogP contribution < -0.4 is 9.47 Å². The highest BCUT2D eigenvalue weighted by Crippen LogP contribution is 2.30. The van der Waals surface area contributed by atoms with E-state index in [0.717, 1.165) is 0 Å². The highest BCUT2D eigenvalue weighted by molar-refractivity contribution is 5.93. The van der Waals surface area contributed by atoms with E-state index in [1.165, 1.54) is 52.3 Å². The van der Waals surface area contributed by atoms with Gasteiger partial charge in [-0.15, -0.1) is 0 Å². The van der Waals surface area contributed by atoms with E-state index >= 15 is 0 Å². The van der Waals surface area contributed by atoms with E-state index in [9.17, 15) is 23.7 Å². The van der Waals surface area contributed by atoms with Crippen LogP contribution in [0.1, 0.15) is 22.8 Å². The van der Waals surface area contributed by atoms with Gasteiger partial charge in [-0.25, -0.2) is 4.68 Å². The third-order valence-corrected chi connectivity index (χ3v) is 4.45. The van der Waals surface area contributed by atoms with Gasteiger partial charge in [0, 0.05) is 31.9 Å². The van der Waals surface area contributed by atoms with Crippen LogP contribution in [0.3, 0.4) is 0 Å². The van der Waals surface area contributed by atoms with Crippen molar-refractivity contribution >= 4 is 11.6 Å². The van der Waals surface area contributed by atoms with Crippen molar-refractivity contribution in [3.8, 4) is 17.2 Å². The van der Waals surface area contributed by atoms with Crippen LogP contribution in [0.5, 0.6) is 11.5 Å². The number of nitro groups is 1. The summed E-state index contributed by atoms with van der Waals surface area (Å²) in [6.45, 7) is -0.801. The number of nitrogens with zero attached hydrogens (tertiary/aromatic N) is 4. The molecule has 3 rings (SSSR count). The Morgan fingerprint density at radius 1 is 1.22 bits per heavy atom. The number of carbonyl (C=O) groups is 1. The van der Waals surface area contributed by atoms with Crippen molar-refractivity contribution in [2.75, 3.05) is 13.7 Å². The molecule has 0 saturated heterocycles. The van der Waals surface area contributed by atoms with Crippen LogP contribution in [-0.2, 0) is 6.54 Å². The maximum Gasteiger partial charge on any atom is 0.387 e. The summed E-state index contributed by atoms with van der Waals surface area (Å²) in [7, 11) is 1.59. The van der Waals surface area contributed by atoms with Crippen molar-refractivity contribution in [1.82, 2.24) is 14.7 Å². The Morgan fingerprint density at radius 2 is 1.94 bits per heavy atom. The zero-order valence-corrected chi connectivity index (χ0v) is 17.3. The van der Waals surface area contributed by atoms with Gasteiger partial charge in [-0.3, -0.25) is 14.9 Å². The van der Waals surface area contributed by atoms with Crippen LogP contribution in [0.4, 0.5) is 14.5 Å². The number of hydrogen-bond donors (Lipinski definition) is 0. The smallest absolute Gasteiger partial charge is 0.387 e. The number of halogens is 2. The van der Waals surface area contributed by atoms with Crippen molar-refractivity contribution < 1.29 is 28.0 Å². The van der Waals surface area contributed by atoms with Gasteiger partial charge in [0.2, 0.25) is 0 Å². The maximum absolute atomic E-state index is 12.8. The number of alkyl halides is 2. The molecule has 168 valence electrons. The van der Waals surface area contributed by atoms with E-state index < -0.39 is 11.5 Å². The average Bonchev–Trinajstić information content (AvgIpc) is 3.25. The first-order valence-electron chi connectivity index (χ1n) is 9.54. The van der Waals surface area contributed by atoms with Gasteiger partial charge >= 0.3 is 6.61 Å². The fourth-order valence-electron chi connectivity index (χ4n) is 2.98. The van der Waals surface area contributed by atoms with Crippen molar-refractivity contribution in [2.45, 2.75) is 20.1 Å². The van der Waals surface area contributed by atoms with E-state index in [-0.39, 0.29) is 36.2 Å². The summed E-state index contributed by atoms with van der Waals surface area (Å²) < 4.78 is 36.4. The molecule has 11 heteroatoms. The van der Waals surface area contributed by atoms with Crippen molar-refractivity contribution in [3.63, 3.8) is 0 Å². The van der Waals surface area contributed by atoms with E-state index in [0.29, 0.717) is 16.8 Å². The molecule has 0 aliphatic heterocycles. The Hall–Kier alpha value is -4.02. The third-order valence-electron chi connectivity index (χ3n) is 4.45. The Balaban J connectivity index is 1.72. The zero-order valence-electron chi connectivity index (χ0n) is 17.3. The molecule has 0 N–H and O–H groups in total. The molecule has 0 spiro atoms. The van der Waals surface area contributed by atoms with Crippen LogP contribution in [0.25, 0.3) is 5.69 Å². The van der Waals surface area contributed by atoms with Gasteiger partial charge in [0.25, 0.3) is 11.6 Å². The summed E-state index contributed by atoms with van der Waals surface area (Å²) in [5.41, 5.74) is 1.49. The summed E-state index contributed by atoms with van der Waals surface area (Å²) in [5.74, 6) is -0.231. The Bertz CT molecular complexity index is 1100. The molecule has 1 aromatic heterocycles. The van der Waals surface area contributed by atoms with Gasteiger partial charge in [0.05, 0.1) is 29.0 Å². The molecule has 0 saturated carbocycles. The van der Waals surface area contributed by atoms with Gasteiger partial charge in [-0.1, -0.05) is 6.07 Å². The number of carbonyl (C=O) groups excluding carboxylic acids is 1. The minimum Gasteiger partial charge on any atom is -0.490 e. The molecule has 0 aliphatic rings. The molecule has 2 aromatic carbocycles. The Labute approximate surface area is 181 Å². The van der Waals surface area contributed by atoms with Gasteiger partial charge < -0.3 is 14.4 Å².